The van der Waals surface area contributed by atoms with Gasteiger partial charge in [0.05, 0.1) is 5.52 Å². The van der Waals surface area contributed by atoms with Crippen molar-refractivity contribution >= 4 is 56.6 Å². The third-order valence-electron chi connectivity index (χ3n) is 11.0. The van der Waals surface area contributed by atoms with Crippen molar-refractivity contribution in [3.63, 3.8) is 0 Å². The number of rotatable bonds is 5. The summed E-state index contributed by atoms with van der Waals surface area (Å²) in [7, 11) is 0. The molecule has 2 unspecified atom stereocenters. The van der Waals surface area contributed by atoms with E-state index in [9.17, 15) is 0 Å². The Kier molecular flexibility index (Phi) is 6.44. The lowest BCUT2D eigenvalue weighted by Crippen LogP contribution is -2.32. The Morgan fingerprint density at radius 1 is 0.580 bits per heavy atom. The third-order valence-corrected chi connectivity index (χ3v) is 11.0. The Morgan fingerprint density at radius 2 is 1.18 bits per heavy atom. The molecule has 0 N–H and O–H groups in total. The fourth-order valence-electron chi connectivity index (χ4n) is 8.94. The zero-order chi connectivity index (χ0) is 33.3. The molecule has 3 aliphatic rings. The van der Waals surface area contributed by atoms with Gasteiger partial charge in [0.15, 0.2) is 0 Å². The molecule has 0 spiro atoms. The van der Waals surface area contributed by atoms with E-state index >= 15 is 0 Å². The van der Waals surface area contributed by atoms with E-state index in [-0.39, 0.29) is 11.8 Å². The van der Waals surface area contributed by atoms with Gasteiger partial charge in [0.2, 0.25) is 0 Å². The SMILES string of the molecule is C=C/C=C\c1c(C)n(-c2ccccc2)c2ccc(C3=C4C(=C(c5ccccc5)c5cc6ccccc6cc54)C4C=c5ccccc5=CC34)cc12. The first kappa shape index (κ1) is 28.8. The van der Waals surface area contributed by atoms with E-state index in [0.717, 1.165) is 0 Å². The van der Waals surface area contributed by atoms with Crippen molar-refractivity contribution < 1.29 is 0 Å². The van der Waals surface area contributed by atoms with Crippen molar-refractivity contribution in [2.24, 2.45) is 11.8 Å². The summed E-state index contributed by atoms with van der Waals surface area (Å²) in [6.45, 7) is 6.22. The van der Waals surface area contributed by atoms with Crippen LogP contribution >= 0.6 is 0 Å². The number of aromatic nitrogens is 1. The van der Waals surface area contributed by atoms with Crippen molar-refractivity contribution in [2.75, 3.05) is 0 Å². The standard InChI is InChI=1S/C49H35N/c1-3-4-23-39-31(2)50(38-21-9-6-10-22-38)45-25-24-37(30-40(39)45)47-42-27-34-18-12-14-20-36(34)29-44(42)48-46(32-15-7-5-8-16-32)41-26-33-17-11-13-19-35(33)28-43(41)49(47)48/h3-30,42,44H,1H2,2H3/b23-4-. The minimum absolute atomic E-state index is 0.218. The molecule has 6 aromatic carbocycles. The number of hydrogen-bond donors (Lipinski definition) is 0. The highest BCUT2D eigenvalue weighted by molar-refractivity contribution is 6.19. The second kappa shape index (κ2) is 11.2. The quantitative estimate of drug-likeness (QED) is 0.166. The number of fused-ring (bicyclic) bond motifs is 8. The van der Waals surface area contributed by atoms with E-state index in [4.69, 9.17) is 0 Å². The molecular weight excluding hydrogens is 603 g/mol. The van der Waals surface area contributed by atoms with E-state index in [1.165, 1.54) is 93.6 Å². The minimum Gasteiger partial charge on any atom is -0.313 e. The molecule has 0 amide bonds. The summed E-state index contributed by atoms with van der Waals surface area (Å²) in [6, 6.07) is 51.5. The van der Waals surface area contributed by atoms with Gasteiger partial charge in [-0.15, -0.1) is 0 Å². The van der Waals surface area contributed by atoms with Crippen LogP contribution in [-0.4, -0.2) is 4.57 Å². The lowest BCUT2D eigenvalue weighted by atomic mass is 9.80. The summed E-state index contributed by atoms with van der Waals surface area (Å²) in [4.78, 5) is 0. The molecule has 7 aromatic rings. The Morgan fingerprint density at radius 3 is 1.86 bits per heavy atom. The molecular formula is C49H35N. The average molecular weight is 638 g/mol. The summed E-state index contributed by atoms with van der Waals surface area (Å²) in [6.07, 6.45) is 11.2. The monoisotopic (exact) mass is 637 g/mol. The van der Waals surface area contributed by atoms with Crippen molar-refractivity contribution in [3.05, 3.63) is 208 Å². The predicted octanol–water partition coefficient (Wildman–Crippen LogP) is 10.5. The normalized spacial score (nSPS) is 17.5. The van der Waals surface area contributed by atoms with Gasteiger partial charge in [-0.25, -0.2) is 0 Å². The van der Waals surface area contributed by atoms with Crippen LogP contribution in [0.2, 0.25) is 0 Å². The molecule has 1 nitrogen and oxygen atoms in total. The van der Waals surface area contributed by atoms with Crippen LogP contribution in [-0.2, 0) is 0 Å². The van der Waals surface area contributed by atoms with E-state index < -0.39 is 0 Å². The van der Waals surface area contributed by atoms with Gasteiger partial charge >= 0.3 is 0 Å². The first-order valence-electron chi connectivity index (χ1n) is 17.6. The van der Waals surface area contributed by atoms with Crippen LogP contribution in [0.15, 0.2) is 164 Å². The Labute approximate surface area is 292 Å². The molecule has 236 valence electrons. The Bertz CT molecular complexity index is 2770. The van der Waals surface area contributed by atoms with Crippen molar-refractivity contribution in [3.8, 4) is 5.69 Å². The molecule has 0 fully saturated rings. The molecule has 1 heteroatoms. The summed E-state index contributed by atoms with van der Waals surface area (Å²) >= 11 is 0. The molecule has 3 aliphatic carbocycles. The van der Waals surface area contributed by atoms with Crippen LogP contribution < -0.4 is 10.4 Å². The minimum atomic E-state index is 0.218. The highest BCUT2D eigenvalue weighted by Gasteiger charge is 2.44. The molecule has 1 aromatic heterocycles. The summed E-state index contributed by atoms with van der Waals surface area (Å²) in [5, 5.41) is 6.44. The molecule has 10 rings (SSSR count). The van der Waals surface area contributed by atoms with E-state index in [0.29, 0.717) is 0 Å². The van der Waals surface area contributed by atoms with Crippen molar-refractivity contribution in [1.29, 1.82) is 0 Å². The van der Waals surface area contributed by atoms with Crippen LogP contribution in [0.4, 0.5) is 0 Å². The summed E-state index contributed by atoms with van der Waals surface area (Å²) in [5.41, 5.74) is 15.7. The molecule has 0 bridgehead atoms. The molecule has 1 heterocycles. The van der Waals surface area contributed by atoms with Crippen molar-refractivity contribution in [1.82, 2.24) is 4.57 Å². The first-order chi connectivity index (χ1) is 24.7. The van der Waals surface area contributed by atoms with E-state index in [2.05, 4.69) is 182 Å². The molecule has 0 saturated heterocycles. The van der Waals surface area contributed by atoms with Crippen LogP contribution in [0.5, 0.6) is 0 Å². The van der Waals surface area contributed by atoms with E-state index in [1.54, 1.807) is 0 Å². The zero-order valence-electron chi connectivity index (χ0n) is 28.0. The van der Waals surface area contributed by atoms with Gasteiger partial charge in [-0.2, -0.15) is 0 Å². The second-order valence-electron chi connectivity index (χ2n) is 13.7. The van der Waals surface area contributed by atoms with Gasteiger partial charge in [-0.3, -0.25) is 0 Å². The third kappa shape index (κ3) is 4.20. The van der Waals surface area contributed by atoms with Gasteiger partial charge in [0.25, 0.3) is 0 Å². The molecule has 0 radical (unpaired) electrons. The highest BCUT2D eigenvalue weighted by Crippen LogP contribution is 2.60. The van der Waals surface area contributed by atoms with Crippen molar-refractivity contribution in [2.45, 2.75) is 6.92 Å². The zero-order valence-corrected chi connectivity index (χ0v) is 28.0. The molecule has 50 heavy (non-hydrogen) atoms. The number of benzene rings is 6. The van der Waals surface area contributed by atoms with Gasteiger partial charge in [-0.1, -0.05) is 140 Å². The Balaban J connectivity index is 1.32. The Hall–Kier alpha value is -6.18. The molecule has 0 aliphatic heterocycles. The summed E-state index contributed by atoms with van der Waals surface area (Å²) < 4.78 is 2.39. The summed E-state index contributed by atoms with van der Waals surface area (Å²) in [5.74, 6) is 0.447. The van der Waals surface area contributed by atoms with Gasteiger partial charge < -0.3 is 4.57 Å². The lowest BCUT2D eigenvalue weighted by molar-refractivity contribution is 0.755. The number of allylic oxidation sites excluding steroid dienone is 5. The lowest BCUT2D eigenvalue weighted by Gasteiger charge is -2.23. The number of hydrogen-bond acceptors (Lipinski definition) is 0. The van der Waals surface area contributed by atoms with Crippen LogP contribution in [0.25, 0.3) is 62.3 Å². The number of para-hydroxylation sites is 1. The van der Waals surface area contributed by atoms with Gasteiger partial charge in [0, 0.05) is 34.2 Å². The van der Waals surface area contributed by atoms with Gasteiger partial charge in [0.1, 0.15) is 0 Å². The van der Waals surface area contributed by atoms with E-state index in [1.807, 2.05) is 6.08 Å². The average Bonchev–Trinajstić information content (AvgIpc) is 3.76. The van der Waals surface area contributed by atoms with Crippen LogP contribution in [0.3, 0.4) is 0 Å². The number of nitrogens with zero attached hydrogens (tertiary/aromatic N) is 1. The highest BCUT2D eigenvalue weighted by atomic mass is 15.0. The maximum Gasteiger partial charge on any atom is 0.0538 e. The fourth-order valence-corrected chi connectivity index (χ4v) is 8.94. The van der Waals surface area contributed by atoms with Gasteiger partial charge in [-0.05, 0) is 109 Å². The van der Waals surface area contributed by atoms with Crippen LogP contribution in [0, 0.1) is 18.8 Å². The van der Waals surface area contributed by atoms with Crippen LogP contribution in [0.1, 0.15) is 33.5 Å². The second-order valence-corrected chi connectivity index (χ2v) is 13.7. The topological polar surface area (TPSA) is 4.93 Å². The molecule has 0 saturated carbocycles. The largest absolute Gasteiger partial charge is 0.313 e. The maximum atomic E-state index is 3.99. The molecule has 2 atom stereocenters. The maximum absolute atomic E-state index is 3.99. The smallest absolute Gasteiger partial charge is 0.0538 e. The predicted molar refractivity (Wildman–Crippen MR) is 212 cm³/mol. The fraction of sp³-hybridized carbons (Fsp3) is 0.0612. The first-order valence-corrected chi connectivity index (χ1v) is 17.6.